The van der Waals surface area contributed by atoms with Crippen LogP contribution in [0.1, 0.15) is 21.5 Å². The maximum Gasteiger partial charge on any atom is 0.196 e. The number of carbonyl (C=O) groups is 1. The Bertz CT molecular complexity index is 682. The van der Waals surface area contributed by atoms with Crippen LogP contribution in [0, 0.1) is 0 Å². The SMILES string of the molecule is COc1ccc(Cl)cc1C(=O)c1ccc2c(c1)NCC2. The molecule has 1 heterocycles. The van der Waals surface area contributed by atoms with Crippen LogP contribution in [0.4, 0.5) is 5.69 Å². The molecule has 0 aromatic heterocycles. The summed E-state index contributed by atoms with van der Waals surface area (Å²) in [6.07, 6.45) is 1.00. The summed E-state index contributed by atoms with van der Waals surface area (Å²) in [6.45, 7) is 0.924. The molecular weight excluding hydrogens is 274 g/mol. The van der Waals surface area contributed by atoms with E-state index in [1.54, 1.807) is 25.3 Å². The summed E-state index contributed by atoms with van der Waals surface area (Å²) >= 11 is 5.98. The standard InChI is InChI=1S/C16H14ClNO2/c1-20-15-5-4-12(17)9-13(15)16(19)11-3-2-10-6-7-18-14(10)8-11/h2-5,8-9,18H,6-7H2,1H3. The van der Waals surface area contributed by atoms with Gasteiger partial charge in [0, 0.05) is 22.8 Å². The second kappa shape index (κ2) is 5.17. The summed E-state index contributed by atoms with van der Waals surface area (Å²) in [6, 6.07) is 10.8. The Hall–Kier alpha value is -2.00. The van der Waals surface area contributed by atoms with Gasteiger partial charge in [-0.05, 0) is 36.2 Å². The third-order valence-corrected chi connectivity index (χ3v) is 3.72. The van der Waals surface area contributed by atoms with Crippen molar-refractivity contribution in [3.63, 3.8) is 0 Å². The molecule has 4 heteroatoms. The maximum absolute atomic E-state index is 12.6. The molecule has 2 aromatic rings. The number of rotatable bonds is 3. The molecule has 0 saturated carbocycles. The lowest BCUT2D eigenvalue weighted by Gasteiger charge is -2.09. The zero-order valence-corrected chi connectivity index (χ0v) is 11.8. The van der Waals surface area contributed by atoms with Crippen molar-refractivity contribution in [3.05, 3.63) is 58.1 Å². The summed E-state index contributed by atoms with van der Waals surface area (Å²) in [4.78, 5) is 12.6. The normalized spacial score (nSPS) is 12.7. The van der Waals surface area contributed by atoms with E-state index in [9.17, 15) is 4.79 Å². The van der Waals surface area contributed by atoms with Gasteiger partial charge in [0.1, 0.15) is 5.75 Å². The fourth-order valence-corrected chi connectivity index (χ4v) is 2.62. The van der Waals surface area contributed by atoms with Crippen LogP contribution in [0.5, 0.6) is 5.75 Å². The number of methoxy groups -OCH3 is 1. The lowest BCUT2D eigenvalue weighted by atomic mass is 10.00. The molecule has 0 aliphatic carbocycles. The molecule has 20 heavy (non-hydrogen) atoms. The quantitative estimate of drug-likeness (QED) is 0.878. The Kier molecular flexibility index (Phi) is 3.36. The Labute approximate surface area is 122 Å². The van der Waals surface area contributed by atoms with Gasteiger partial charge >= 0.3 is 0 Å². The first-order valence-corrected chi connectivity index (χ1v) is 6.82. The molecule has 0 radical (unpaired) electrons. The van der Waals surface area contributed by atoms with E-state index in [1.807, 2.05) is 18.2 Å². The number of hydrogen-bond acceptors (Lipinski definition) is 3. The molecular formula is C16H14ClNO2. The van der Waals surface area contributed by atoms with E-state index in [-0.39, 0.29) is 5.78 Å². The van der Waals surface area contributed by atoms with Gasteiger partial charge in [0.05, 0.1) is 12.7 Å². The molecule has 0 atom stereocenters. The maximum atomic E-state index is 12.6. The monoisotopic (exact) mass is 287 g/mol. The van der Waals surface area contributed by atoms with E-state index < -0.39 is 0 Å². The van der Waals surface area contributed by atoms with Crippen molar-refractivity contribution < 1.29 is 9.53 Å². The van der Waals surface area contributed by atoms with Crippen LogP contribution in [0.2, 0.25) is 5.02 Å². The smallest absolute Gasteiger partial charge is 0.196 e. The molecule has 1 N–H and O–H groups in total. The van der Waals surface area contributed by atoms with Crippen LogP contribution in [0.3, 0.4) is 0 Å². The molecule has 0 amide bonds. The van der Waals surface area contributed by atoms with Crippen molar-refractivity contribution in [1.82, 2.24) is 0 Å². The fourth-order valence-electron chi connectivity index (χ4n) is 2.45. The molecule has 0 saturated heterocycles. The number of nitrogens with one attached hydrogen (secondary N) is 1. The van der Waals surface area contributed by atoms with Gasteiger partial charge in [-0.15, -0.1) is 0 Å². The van der Waals surface area contributed by atoms with E-state index in [4.69, 9.17) is 16.3 Å². The number of carbonyl (C=O) groups excluding carboxylic acids is 1. The van der Waals surface area contributed by atoms with E-state index in [2.05, 4.69) is 5.32 Å². The first-order valence-electron chi connectivity index (χ1n) is 6.44. The van der Waals surface area contributed by atoms with Crippen molar-refractivity contribution in [2.75, 3.05) is 19.0 Å². The van der Waals surface area contributed by atoms with E-state index >= 15 is 0 Å². The van der Waals surface area contributed by atoms with Crippen LogP contribution in [0.25, 0.3) is 0 Å². The van der Waals surface area contributed by atoms with Crippen molar-refractivity contribution in [1.29, 1.82) is 0 Å². The molecule has 2 aromatic carbocycles. The third kappa shape index (κ3) is 2.25. The molecule has 102 valence electrons. The molecule has 3 nitrogen and oxygen atoms in total. The van der Waals surface area contributed by atoms with Crippen molar-refractivity contribution in [3.8, 4) is 5.75 Å². The van der Waals surface area contributed by atoms with Crippen molar-refractivity contribution in [2.45, 2.75) is 6.42 Å². The first-order chi connectivity index (χ1) is 9.69. The molecule has 0 unspecified atom stereocenters. The summed E-state index contributed by atoms with van der Waals surface area (Å²) < 4.78 is 5.24. The Morgan fingerprint density at radius 2 is 2.10 bits per heavy atom. The predicted molar refractivity (Wildman–Crippen MR) is 80.1 cm³/mol. The van der Waals surface area contributed by atoms with Gasteiger partial charge in [0.15, 0.2) is 5.78 Å². The van der Waals surface area contributed by atoms with Gasteiger partial charge < -0.3 is 10.1 Å². The summed E-state index contributed by atoms with van der Waals surface area (Å²) in [5.41, 5.74) is 3.41. The molecule has 0 spiro atoms. The van der Waals surface area contributed by atoms with E-state index in [0.29, 0.717) is 21.9 Å². The largest absolute Gasteiger partial charge is 0.496 e. The topological polar surface area (TPSA) is 38.3 Å². The van der Waals surface area contributed by atoms with E-state index in [0.717, 1.165) is 18.7 Å². The summed E-state index contributed by atoms with van der Waals surface area (Å²) in [7, 11) is 1.55. The number of benzene rings is 2. The van der Waals surface area contributed by atoms with Gasteiger partial charge in [-0.25, -0.2) is 0 Å². The number of fused-ring (bicyclic) bond motifs is 1. The lowest BCUT2D eigenvalue weighted by molar-refractivity contribution is 0.103. The zero-order valence-electron chi connectivity index (χ0n) is 11.1. The van der Waals surface area contributed by atoms with Gasteiger partial charge in [0.25, 0.3) is 0 Å². The van der Waals surface area contributed by atoms with Gasteiger partial charge in [-0.3, -0.25) is 4.79 Å². The summed E-state index contributed by atoms with van der Waals surface area (Å²) in [5.74, 6) is 0.453. The number of hydrogen-bond donors (Lipinski definition) is 1. The average molecular weight is 288 g/mol. The van der Waals surface area contributed by atoms with Crippen molar-refractivity contribution >= 4 is 23.1 Å². The van der Waals surface area contributed by atoms with Gasteiger partial charge in [-0.1, -0.05) is 23.7 Å². The summed E-state index contributed by atoms with van der Waals surface area (Å²) in [5, 5.41) is 3.80. The molecule has 0 bridgehead atoms. The average Bonchev–Trinajstić information content (AvgIpc) is 2.93. The second-order valence-electron chi connectivity index (χ2n) is 4.72. The highest BCUT2D eigenvalue weighted by molar-refractivity contribution is 6.31. The fraction of sp³-hybridized carbons (Fsp3) is 0.188. The second-order valence-corrected chi connectivity index (χ2v) is 5.16. The highest BCUT2D eigenvalue weighted by atomic mass is 35.5. The molecule has 1 aliphatic rings. The lowest BCUT2D eigenvalue weighted by Crippen LogP contribution is -2.04. The minimum atomic E-state index is -0.0825. The van der Waals surface area contributed by atoms with Crippen LogP contribution < -0.4 is 10.1 Å². The minimum absolute atomic E-state index is 0.0825. The van der Waals surface area contributed by atoms with Crippen LogP contribution in [-0.2, 0) is 6.42 Å². The molecule has 1 aliphatic heterocycles. The van der Waals surface area contributed by atoms with Crippen LogP contribution >= 0.6 is 11.6 Å². The Morgan fingerprint density at radius 1 is 1.25 bits per heavy atom. The number of anilines is 1. The Balaban J connectivity index is 2.02. The number of ether oxygens (including phenoxy) is 1. The van der Waals surface area contributed by atoms with Crippen LogP contribution in [0.15, 0.2) is 36.4 Å². The number of ketones is 1. The Morgan fingerprint density at radius 3 is 2.90 bits per heavy atom. The minimum Gasteiger partial charge on any atom is -0.496 e. The van der Waals surface area contributed by atoms with E-state index in [1.165, 1.54) is 5.56 Å². The van der Waals surface area contributed by atoms with Gasteiger partial charge in [0.2, 0.25) is 0 Å². The molecule has 3 rings (SSSR count). The highest BCUT2D eigenvalue weighted by Gasteiger charge is 2.18. The zero-order chi connectivity index (χ0) is 14.1. The molecule has 0 fully saturated rings. The number of halogens is 1. The van der Waals surface area contributed by atoms with Gasteiger partial charge in [-0.2, -0.15) is 0 Å². The first kappa shape index (κ1) is 13.0. The third-order valence-electron chi connectivity index (χ3n) is 3.49. The van der Waals surface area contributed by atoms with Crippen molar-refractivity contribution in [2.24, 2.45) is 0 Å². The predicted octanol–water partition coefficient (Wildman–Crippen LogP) is 3.55. The highest BCUT2D eigenvalue weighted by Crippen LogP contribution is 2.28. The van der Waals surface area contributed by atoms with Crippen LogP contribution in [-0.4, -0.2) is 19.4 Å².